The molecule has 2 aliphatic rings. The fraction of sp³-hybridized carbons (Fsp3) is 0.423. The molecule has 2 N–H and O–H groups in total. The van der Waals surface area contributed by atoms with E-state index in [2.05, 4.69) is 10.6 Å². The third-order valence-electron chi connectivity index (χ3n) is 6.37. The molecule has 35 heavy (non-hydrogen) atoms. The molecular weight excluding hydrogens is 450 g/mol. The Kier molecular flexibility index (Phi) is 8.20. The highest BCUT2D eigenvalue weighted by molar-refractivity contribution is 5.98. The van der Waals surface area contributed by atoms with E-state index in [4.69, 9.17) is 14.2 Å². The van der Waals surface area contributed by atoms with Gasteiger partial charge in [0.15, 0.2) is 11.5 Å². The molecule has 1 unspecified atom stereocenters. The molecule has 2 aromatic rings. The molecule has 2 aliphatic heterocycles. The maximum Gasteiger partial charge on any atom is 0.252 e. The minimum absolute atomic E-state index is 0.0696. The van der Waals surface area contributed by atoms with Crippen molar-refractivity contribution >= 4 is 17.7 Å². The normalized spacial score (nSPS) is 16.0. The van der Waals surface area contributed by atoms with E-state index in [1.165, 1.54) is 0 Å². The molecule has 1 atom stereocenters. The lowest BCUT2D eigenvalue weighted by Gasteiger charge is -2.36. The second-order valence-corrected chi connectivity index (χ2v) is 8.68. The molecule has 0 spiro atoms. The molecule has 4 rings (SSSR count). The number of likely N-dealkylation sites (tertiary alicyclic amines) is 1. The van der Waals surface area contributed by atoms with E-state index in [1.54, 1.807) is 25.3 Å². The Bertz CT molecular complexity index is 1040. The van der Waals surface area contributed by atoms with Gasteiger partial charge in [-0.3, -0.25) is 14.4 Å². The van der Waals surface area contributed by atoms with Crippen molar-refractivity contribution < 1.29 is 28.6 Å². The van der Waals surface area contributed by atoms with Crippen LogP contribution in [0.5, 0.6) is 11.5 Å². The Hall–Kier alpha value is -3.59. The summed E-state index contributed by atoms with van der Waals surface area (Å²) < 4.78 is 15.7. The van der Waals surface area contributed by atoms with Crippen molar-refractivity contribution in [3.8, 4) is 11.5 Å². The third kappa shape index (κ3) is 6.30. The summed E-state index contributed by atoms with van der Waals surface area (Å²) in [5, 5.41) is 5.76. The summed E-state index contributed by atoms with van der Waals surface area (Å²) in [6.45, 7) is 1.92. The number of nitrogens with zero attached hydrogens (tertiary/aromatic N) is 1. The number of hydrogen-bond donors (Lipinski definition) is 2. The third-order valence-corrected chi connectivity index (χ3v) is 6.37. The average molecular weight is 482 g/mol. The van der Waals surface area contributed by atoms with Gasteiger partial charge in [-0.1, -0.05) is 30.3 Å². The summed E-state index contributed by atoms with van der Waals surface area (Å²) in [5.41, 5.74) is 1.37. The van der Waals surface area contributed by atoms with Gasteiger partial charge in [-0.15, -0.1) is 0 Å². The molecule has 2 aromatic carbocycles. The number of methoxy groups -OCH3 is 1. The summed E-state index contributed by atoms with van der Waals surface area (Å²) in [4.78, 5) is 40.6. The second kappa shape index (κ2) is 11.7. The van der Waals surface area contributed by atoms with Gasteiger partial charge in [0, 0.05) is 32.3 Å². The number of piperidine rings is 1. The number of ether oxygens (including phenoxy) is 3. The van der Waals surface area contributed by atoms with Crippen molar-refractivity contribution in [2.24, 2.45) is 5.92 Å². The van der Waals surface area contributed by atoms with Crippen LogP contribution in [0, 0.1) is 5.92 Å². The maximum atomic E-state index is 13.0. The molecule has 9 heteroatoms. The van der Waals surface area contributed by atoms with E-state index in [9.17, 15) is 14.4 Å². The lowest BCUT2D eigenvalue weighted by molar-refractivity contribution is -0.132. The van der Waals surface area contributed by atoms with Crippen LogP contribution in [-0.4, -0.2) is 68.8 Å². The predicted octanol–water partition coefficient (Wildman–Crippen LogP) is 1.76. The zero-order valence-corrected chi connectivity index (χ0v) is 19.8. The van der Waals surface area contributed by atoms with Gasteiger partial charge < -0.3 is 29.7 Å². The van der Waals surface area contributed by atoms with E-state index in [1.807, 2.05) is 35.2 Å². The first-order valence-electron chi connectivity index (χ1n) is 11.8. The maximum absolute atomic E-state index is 13.0. The summed E-state index contributed by atoms with van der Waals surface area (Å²) in [5.74, 6) is 0.436. The first-order chi connectivity index (χ1) is 17.0. The predicted molar refractivity (Wildman–Crippen MR) is 128 cm³/mol. The number of nitrogens with one attached hydrogen (secondary N) is 2. The second-order valence-electron chi connectivity index (χ2n) is 8.68. The monoisotopic (exact) mass is 481 g/mol. The molecule has 1 fully saturated rings. The van der Waals surface area contributed by atoms with E-state index in [0.717, 1.165) is 5.56 Å². The molecular formula is C26H31N3O6. The number of carbonyl (C=O) groups is 3. The van der Waals surface area contributed by atoms with Crippen LogP contribution in [0.1, 0.15) is 28.8 Å². The quantitative estimate of drug-likeness (QED) is 0.529. The highest BCUT2D eigenvalue weighted by atomic mass is 16.7. The minimum Gasteiger partial charge on any atom is -0.454 e. The Morgan fingerprint density at radius 2 is 1.80 bits per heavy atom. The molecule has 186 valence electrons. The molecule has 0 aliphatic carbocycles. The zero-order chi connectivity index (χ0) is 24.6. The van der Waals surface area contributed by atoms with Crippen molar-refractivity contribution in [2.75, 3.05) is 40.1 Å². The lowest BCUT2D eigenvalue weighted by Crippen LogP contribution is -2.54. The average Bonchev–Trinajstić information content (AvgIpc) is 3.36. The molecule has 9 nitrogen and oxygen atoms in total. The van der Waals surface area contributed by atoms with Crippen LogP contribution in [-0.2, 0) is 20.7 Å². The standard InChI is InChI=1S/C26H31N3O6/c1-33-14-11-27-26(32)24(28-25(31)20-7-8-21-22(16-20)35-17-34-21)19-9-12-29(13-10-19)23(30)15-18-5-3-2-4-6-18/h2-8,16,19,24H,9-15,17H2,1H3,(H,27,32)(H,28,31). The number of carbonyl (C=O) groups excluding carboxylic acids is 3. The van der Waals surface area contributed by atoms with Crippen LogP contribution in [0.25, 0.3) is 0 Å². The zero-order valence-electron chi connectivity index (χ0n) is 19.8. The topological polar surface area (TPSA) is 106 Å². The molecule has 0 bridgehead atoms. The number of amides is 3. The molecule has 2 heterocycles. The summed E-state index contributed by atoms with van der Waals surface area (Å²) in [7, 11) is 1.56. The Morgan fingerprint density at radius 3 is 2.54 bits per heavy atom. The highest BCUT2D eigenvalue weighted by Crippen LogP contribution is 2.32. The van der Waals surface area contributed by atoms with Crippen molar-refractivity contribution in [1.82, 2.24) is 15.5 Å². The van der Waals surface area contributed by atoms with Gasteiger partial charge in [-0.25, -0.2) is 0 Å². The molecule has 0 radical (unpaired) electrons. The van der Waals surface area contributed by atoms with E-state index < -0.39 is 6.04 Å². The number of rotatable bonds is 9. The van der Waals surface area contributed by atoms with Crippen LogP contribution >= 0.6 is 0 Å². The number of benzene rings is 2. The van der Waals surface area contributed by atoms with E-state index in [-0.39, 0.29) is 30.4 Å². The molecule has 0 saturated carbocycles. The first-order valence-corrected chi connectivity index (χ1v) is 11.8. The molecule has 3 amide bonds. The Balaban J connectivity index is 1.39. The van der Waals surface area contributed by atoms with Crippen LogP contribution in [0.15, 0.2) is 48.5 Å². The Labute approximate surface area is 204 Å². The first kappa shape index (κ1) is 24.5. The minimum atomic E-state index is -0.726. The van der Waals surface area contributed by atoms with Gasteiger partial charge in [0.25, 0.3) is 5.91 Å². The lowest BCUT2D eigenvalue weighted by atomic mass is 9.88. The van der Waals surface area contributed by atoms with Gasteiger partial charge >= 0.3 is 0 Å². The van der Waals surface area contributed by atoms with Gasteiger partial charge in [-0.2, -0.15) is 0 Å². The van der Waals surface area contributed by atoms with Crippen molar-refractivity contribution in [3.63, 3.8) is 0 Å². The highest BCUT2D eigenvalue weighted by Gasteiger charge is 2.34. The van der Waals surface area contributed by atoms with Crippen molar-refractivity contribution in [3.05, 3.63) is 59.7 Å². The van der Waals surface area contributed by atoms with Crippen molar-refractivity contribution in [2.45, 2.75) is 25.3 Å². The molecule has 1 saturated heterocycles. The number of fused-ring (bicyclic) bond motifs is 1. The van der Waals surface area contributed by atoms with E-state index >= 15 is 0 Å². The van der Waals surface area contributed by atoms with Gasteiger partial charge in [0.05, 0.1) is 13.0 Å². The number of hydrogen-bond acceptors (Lipinski definition) is 6. The van der Waals surface area contributed by atoms with Crippen LogP contribution in [0.4, 0.5) is 0 Å². The van der Waals surface area contributed by atoms with E-state index in [0.29, 0.717) is 62.6 Å². The van der Waals surface area contributed by atoms with Gasteiger partial charge in [0.2, 0.25) is 18.6 Å². The van der Waals surface area contributed by atoms with Gasteiger partial charge in [-0.05, 0) is 42.5 Å². The smallest absolute Gasteiger partial charge is 0.252 e. The summed E-state index contributed by atoms with van der Waals surface area (Å²) in [6.07, 6.45) is 1.59. The summed E-state index contributed by atoms with van der Waals surface area (Å²) in [6, 6.07) is 13.9. The van der Waals surface area contributed by atoms with Crippen LogP contribution in [0.3, 0.4) is 0 Å². The SMILES string of the molecule is COCCNC(=O)C(NC(=O)c1ccc2c(c1)OCO2)C1CCN(C(=O)Cc2ccccc2)CC1. The fourth-order valence-corrected chi connectivity index (χ4v) is 4.41. The Morgan fingerprint density at radius 1 is 1.06 bits per heavy atom. The summed E-state index contributed by atoms with van der Waals surface area (Å²) >= 11 is 0. The van der Waals surface area contributed by atoms with Crippen LogP contribution in [0.2, 0.25) is 0 Å². The fourth-order valence-electron chi connectivity index (χ4n) is 4.41. The van der Waals surface area contributed by atoms with Crippen molar-refractivity contribution in [1.29, 1.82) is 0 Å². The van der Waals surface area contributed by atoms with Crippen LogP contribution < -0.4 is 20.1 Å². The van der Waals surface area contributed by atoms with Gasteiger partial charge in [0.1, 0.15) is 6.04 Å². The largest absolute Gasteiger partial charge is 0.454 e. The molecule has 0 aromatic heterocycles.